The van der Waals surface area contributed by atoms with Crippen LogP contribution in [0.3, 0.4) is 0 Å². The molecule has 0 bridgehead atoms. The maximum absolute atomic E-state index is 6.88. The van der Waals surface area contributed by atoms with Gasteiger partial charge < -0.3 is 4.42 Å². The highest BCUT2D eigenvalue weighted by atomic mass is 28.3. The van der Waals surface area contributed by atoms with Crippen LogP contribution in [0.5, 0.6) is 0 Å². The minimum Gasteiger partial charge on any atom is -0.456 e. The van der Waals surface area contributed by atoms with Gasteiger partial charge in [-0.1, -0.05) is 188 Å². The lowest BCUT2D eigenvalue weighted by Crippen LogP contribution is -2.74. The van der Waals surface area contributed by atoms with Gasteiger partial charge in [0.05, 0.1) is 0 Å². The lowest BCUT2D eigenvalue weighted by Gasteiger charge is -2.35. The van der Waals surface area contributed by atoms with Crippen LogP contribution in [0.15, 0.2) is 199 Å². The summed E-state index contributed by atoms with van der Waals surface area (Å²) in [5.74, 6) is 0. The van der Waals surface area contributed by atoms with Crippen molar-refractivity contribution < 1.29 is 4.42 Å². The first-order chi connectivity index (χ1) is 24.8. The second-order valence-corrected chi connectivity index (χ2v) is 16.9. The Hall–Kier alpha value is -6.22. The smallest absolute Gasteiger partial charge is 0.184 e. The topological polar surface area (TPSA) is 13.1 Å². The van der Waals surface area contributed by atoms with Gasteiger partial charge >= 0.3 is 0 Å². The maximum atomic E-state index is 6.88. The third kappa shape index (κ3) is 4.19. The van der Waals surface area contributed by atoms with Gasteiger partial charge in [0, 0.05) is 10.8 Å². The molecule has 2 heteroatoms. The van der Waals surface area contributed by atoms with Crippen LogP contribution in [0.4, 0.5) is 0 Å². The van der Waals surface area contributed by atoms with Crippen molar-refractivity contribution in [3.63, 3.8) is 0 Å². The third-order valence-electron chi connectivity index (χ3n) is 10.6. The molecule has 1 nitrogen and oxygen atoms in total. The fourth-order valence-electron chi connectivity index (χ4n) is 8.48. The number of para-hydroxylation sites is 2. The molecule has 0 saturated carbocycles. The summed E-state index contributed by atoms with van der Waals surface area (Å²) in [4.78, 5) is 0. The molecule has 0 spiro atoms. The van der Waals surface area contributed by atoms with E-state index in [1.165, 1.54) is 65.3 Å². The number of fused-ring (bicyclic) bond motifs is 11. The average Bonchev–Trinajstić information content (AvgIpc) is 3.58. The lowest BCUT2D eigenvalue weighted by atomic mass is 9.81. The average molecular weight is 653 g/mol. The molecule has 0 radical (unpaired) electrons. The van der Waals surface area contributed by atoms with E-state index in [9.17, 15) is 0 Å². The van der Waals surface area contributed by atoms with Crippen molar-refractivity contribution in [2.24, 2.45) is 0 Å². The first-order valence-electron chi connectivity index (χ1n) is 17.3. The summed E-state index contributed by atoms with van der Waals surface area (Å²) in [6.07, 6.45) is 0. The van der Waals surface area contributed by atoms with Crippen LogP contribution in [0.25, 0.3) is 66.4 Å². The van der Waals surface area contributed by atoms with E-state index in [1.54, 1.807) is 0 Å². The van der Waals surface area contributed by atoms with Crippen molar-refractivity contribution in [2.75, 3.05) is 0 Å². The largest absolute Gasteiger partial charge is 0.456 e. The van der Waals surface area contributed by atoms with Gasteiger partial charge in [-0.25, -0.2) is 0 Å². The predicted molar refractivity (Wildman–Crippen MR) is 213 cm³/mol. The summed E-state index contributed by atoms with van der Waals surface area (Å²) < 4.78 is 6.88. The van der Waals surface area contributed by atoms with E-state index in [0.717, 1.165) is 21.9 Å². The number of rotatable bonds is 4. The van der Waals surface area contributed by atoms with Gasteiger partial charge in [0.2, 0.25) is 0 Å². The first kappa shape index (κ1) is 28.8. The Bertz CT molecular complexity index is 2660. The van der Waals surface area contributed by atoms with E-state index < -0.39 is 8.07 Å². The van der Waals surface area contributed by atoms with E-state index >= 15 is 0 Å². The molecule has 0 atom stereocenters. The molecule has 0 amide bonds. The summed E-state index contributed by atoms with van der Waals surface area (Å²) in [5, 5.41) is 7.53. The summed E-state index contributed by atoms with van der Waals surface area (Å²) in [6, 6.07) is 71.5. The van der Waals surface area contributed by atoms with Crippen molar-refractivity contribution in [1.29, 1.82) is 0 Å². The predicted octanol–water partition coefficient (Wildman–Crippen LogP) is 9.94. The maximum Gasteiger partial charge on any atom is 0.184 e. The molecule has 0 fully saturated rings. The molecule has 10 rings (SSSR count). The van der Waals surface area contributed by atoms with Gasteiger partial charge in [-0.3, -0.25) is 0 Å². The number of hydrogen-bond donors (Lipinski definition) is 0. The normalized spacial score (nSPS) is 12.0. The minimum atomic E-state index is -2.99. The number of hydrogen-bond acceptors (Lipinski definition) is 1. The highest BCUT2D eigenvalue weighted by Crippen LogP contribution is 2.47. The van der Waals surface area contributed by atoms with Crippen LogP contribution in [0, 0.1) is 0 Å². The second kappa shape index (κ2) is 11.4. The molecule has 8 aromatic carbocycles. The molecule has 1 aliphatic rings. The van der Waals surface area contributed by atoms with Crippen LogP contribution in [0.1, 0.15) is 0 Å². The molecule has 1 heterocycles. The lowest BCUT2D eigenvalue weighted by molar-refractivity contribution is 0.671. The van der Waals surface area contributed by atoms with Crippen molar-refractivity contribution in [3.05, 3.63) is 194 Å². The standard InChI is InChI=1S/C48H32OSi/c1-3-16-33(17-4-1)50(34-18-5-2-6-19-34,47-29-15-27-44-43-26-13-14-28-46(43)49-48(44)47)35-30-31-42-40-24-10-9-22-38(40)36-20-7-8-21-37(36)39-23-11-12-25-41(39)45(42)32-35/h1-32H. The second-order valence-electron chi connectivity index (χ2n) is 13.2. The molecule has 50 heavy (non-hydrogen) atoms. The third-order valence-corrected chi connectivity index (χ3v) is 15.4. The zero-order valence-electron chi connectivity index (χ0n) is 27.4. The molecule has 234 valence electrons. The Morgan fingerprint density at radius 1 is 0.300 bits per heavy atom. The van der Waals surface area contributed by atoms with Gasteiger partial charge in [-0.2, -0.15) is 0 Å². The number of furan rings is 1. The number of benzene rings is 8. The van der Waals surface area contributed by atoms with Gasteiger partial charge in [-0.15, -0.1) is 0 Å². The summed E-state index contributed by atoms with van der Waals surface area (Å²) in [7, 11) is -2.99. The minimum absolute atomic E-state index is 0.918. The van der Waals surface area contributed by atoms with Crippen molar-refractivity contribution in [1.82, 2.24) is 0 Å². The Balaban J connectivity index is 1.36. The van der Waals surface area contributed by atoms with Gasteiger partial charge in [0.25, 0.3) is 0 Å². The Kier molecular flexibility index (Phi) is 6.58. The Morgan fingerprint density at radius 3 is 1.30 bits per heavy atom. The Morgan fingerprint density at radius 2 is 0.740 bits per heavy atom. The van der Waals surface area contributed by atoms with E-state index in [0.29, 0.717) is 0 Å². The zero-order chi connectivity index (χ0) is 33.1. The molecular formula is C48H32OSi. The molecule has 0 unspecified atom stereocenters. The van der Waals surface area contributed by atoms with E-state index in [1.807, 2.05) is 0 Å². The zero-order valence-corrected chi connectivity index (χ0v) is 28.4. The molecule has 0 saturated heterocycles. The first-order valence-corrected chi connectivity index (χ1v) is 19.3. The van der Waals surface area contributed by atoms with Gasteiger partial charge in [-0.05, 0) is 71.3 Å². The van der Waals surface area contributed by atoms with Crippen molar-refractivity contribution >= 4 is 50.8 Å². The van der Waals surface area contributed by atoms with Crippen LogP contribution in [-0.4, -0.2) is 8.07 Å². The fraction of sp³-hybridized carbons (Fsp3) is 0. The Labute approximate surface area is 292 Å². The monoisotopic (exact) mass is 652 g/mol. The summed E-state index contributed by atoms with van der Waals surface area (Å²) >= 11 is 0. The molecular weight excluding hydrogens is 621 g/mol. The molecule has 0 aliphatic heterocycles. The SMILES string of the molecule is c1ccc([Si](c2ccccc2)(c2ccc3c(c2)-c2ccccc2-c2ccccc2-c2ccccc2-3)c2cccc3c2oc2ccccc23)cc1. The summed E-state index contributed by atoms with van der Waals surface area (Å²) in [6.45, 7) is 0. The molecule has 0 N–H and O–H groups in total. The quantitative estimate of drug-likeness (QED) is 0.136. The van der Waals surface area contributed by atoms with Gasteiger partial charge in [0.1, 0.15) is 11.2 Å². The van der Waals surface area contributed by atoms with Crippen LogP contribution < -0.4 is 20.7 Å². The van der Waals surface area contributed by atoms with Crippen LogP contribution in [-0.2, 0) is 0 Å². The fourth-order valence-corrected chi connectivity index (χ4v) is 13.4. The van der Waals surface area contributed by atoms with Crippen LogP contribution in [0.2, 0.25) is 0 Å². The van der Waals surface area contributed by atoms with E-state index in [2.05, 4.69) is 194 Å². The highest BCUT2D eigenvalue weighted by molar-refractivity contribution is 7.20. The highest BCUT2D eigenvalue weighted by Gasteiger charge is 2.44. The molecule has 1 aliphatic carbocycles. The van der Waals surface area contributed by atoms with Crippen molar-refractivity contribution in [2.45, 2.75) is 0 Å². The van der Waals surface area contributed by atoms with Crippen molar-refractivity contribution in [3.8, 4) is 44.5 Å². The molecule has 9 aromatic rings. The van der Waals surface area contributed by atoms with Crippen LogP contribution >= 0.6 is 0 Å². The van der Waals surface area contributed by atoms with E-state index in [-0.39, 0.29) is 0 Å². The molecule has 1 aromatic heterocycles. The van der Waals surface area contributed by atoms with Gasteiger partial charge in [0.15, 0.2) is 8.07 Å². The summed E-state index contributed by atoms with van der Waals surface area (Å²) in [5.41, 5.74) is 11.9. The van der Waals surface area contributed by atoms with E-state index in [4.69, 9.17) is 4.42 Å².